The van der Waals surface area contributed by atoms with Crippen molar-refractivity contribution < 1.29 is 0 Å². The van der Waals surface area contributed by atoms with E-state index in [9.17, 15) is 0 Å². The summed E-state index contributed by atoms with van der Waals surface area (Å²) in [5.41, 5.74) is 8.40. The second kappa shape index (κ2) is 4.59. The molecule has 1 aromatic heterocycles. The van der Waals surface area contributed by atoms with Crippen LogP contribution in [0.5, 0.6) is 0 Å². The molecular weight excluding hydrogens is 232 g/mol. The molecule has 0 spiro atoms. The minimum absolute atomic E-state index is 0.635. The van der Waals surface area contributed by atoms with Crippen molar-refractivity contribution in [2.24, 2.45) is 35.3 Å². The molecule has 0 aromatic carbocycles. The number of hydrogen-bond acceptors (Lipinski definition) is 2. The fourth-order valence-corrected chi connectivity index (χ4v) is 5.44. The first kappa shape index (κ1) is 11.9. The molecule has 1 aromatic rings. The maximum atomic E-state index is 5.86. The largest absolute Gasteiger partial charge is 0.326 e. The predicted octanol–water partition coefficient (Wildman–Crippen LogP) is 3.16. The molecule has 19 heavy (non-hydrogen) atoms. The van der Waals surface area contributed by atoms with Crippen LogP contribution in [0.1, 0.15) is 43.4 Å². The third kappa shape index (κ3) is 2.01. The van der Waals surface area contributed by atoms with E-state index >= 15 is 0 Å². The maximum Gasteiger partial charge on any atom is 0.0451 e. The highest BCUT2D eigenvalue weighted by atomic mass is 14.7. The molecule has 0 radical (unpaired) electrons. The summed E-state index contributed by atoms with van der Waals surface area (Å²) in [6.07, 6.45) is 10.7. The van der Waals surface area contributed by atoms with Gasteiger partial charge in [0.1, 0.15) is 0 Å². The molecule has 4 aliphatic carbocycles. The molecule has 0 saturated heterocycles. The zero-order chi connectivity index (χ0) is 12.8. The Balaban J connectivity index is 1.57. The Hall–Kier alpha value is -0.890. The average molecular weight is 256 g/mol. The van der Waals surface area contributed by atoms with E-state index in [1.807, 2.05) is 12.3 Å². The maximum absolute atomic E-state index is 5.86. The van der Waals surface area contributed by atoms with Crippen LogP contribution in [0.2, 0.25) is 0 Å². The van der Waals surface area contributed by atoms with E-state index in [1.165, 1.54) is 49.8 Å². The van der Waals surface area contributed by atoms with Gasteiger partial charge in [0.25, 0.3) is 0 Å². The van der Waals surface area contributed by atoms with Gasteiger partial charge in [0.15, 0.2) is 0 Å². The van der Waals surface area contributed by atoms with Crippen molar-refractivity contribution in [3.05, 3.63) is 29.6 Å². The molecule has 2 nitrogen and oxygen atoms in total. The lowest BCUT2D eigenvalue weighted by Crippen LogP contribution is -2.45. The fraction of sp³-hybridized carbons (Fsp3) is 0.706. The topological polar surface area (TPSA) is 38.9 Å². The molecule has 0 unspecified atom stereocenters. The summed E-state index contributed by atoms with van der Waals surface area (Å²) < 4.78 is 0. The number of nitrogens with zero attached hydrogens (tertiary/aromatic N) is 1. The van der Waals surface area contributed by atoms with Crippen LogP contribution in [0.15, 0.2) is 18.3 Å². The molecule has 4 bridgehead atoms. The van der Waals surface area contributed by atoms with Gasteiger partial charge < -0.3 is 5.73 Å². The lowest BCUT2D eigenvalue weighted by atomic mass is 9.51. The molecule has 5 rings (SSSR count). The fourth-order valence-electron chi connectivity index (χ4n) is 5.44. The average Bonchev–Trinajstić information content (AvgIpc) is 2.42. The van der Waals surface area contributed by atoms with Crippen LogP contribution in [-0.2, 0) is 13.0 Å². The number of pyridine rings is 1. The lowest BCUT2D eigenvalue weighted by Gasteiger charge is -2.54. The Kier molecular flexibility index (Phi) is 2.87. The van der Waals surface area contributed by atoms with Gasteiger partial charge >= 0.3 is 0 Å². The monoisotopic (exact) mass is 256 g/mol. The van der Waals surface area contributed by atoms with E-state index in [0.29, 0.717) is 6.54 Å². The first-order valence-electron chi connectivity index (χ1n) is 7.96. The molecule has 4 aliphatic rings. The minimum Gasteiger partial charge on any atom is -0.326 e. The van der Waals surface area contributed by atoms with E-state index in [0.717, 1.165) is 29.6 Å². The zero-order valence-corrected chi connectivity index (χ0v) is 11.6. The van der Waals surface area contributed by atoms with Crippen LogP contribution in [0.25, 0.3) is 0 Å². The standard InChI is InChI=1S/C17H24N2/c18-10-13-2-1-3-19-17(13)9-16-14-5-11-4-12(7-14)8-15(16)6-11/h1-3,11-12,14-16H,4-10,18H2. The molecule has 4 saturated carbocycles. The van der Waals surface area contributed by atoms with Crippen molar-refractivity contribution in [1.29, 1.82) is 0 Å². The molecular formula is C17H24N2. The molecule has 0 aliphatic heterocycles. The predicted molar refractivity (Wildman–Crippen MR) is 76.4 cm³/mol. The van der Waals surface area contributed by atoms with E-state index < -0.39 is 0 Å². The van der Waals surface area contributed by atoms with Gasteiger partial charge in [0.05, 0.1) is 0 Å². The van der Waals surface area contributed by atoms with Crippen molar-refractivity contribution in [3.8, 4) is 0 Å². The van der Waals surface area contributed by atoms with E-state index in [-0.39, 0.29) is 0 Å². The Morgan fingerprint density at radius 1 is 1.05 bits per heavy atom. The molecule has 0 amide bonds. The van der Waals surface area contributed by atoms with Crippen molar-refractivity contribution in [3.63, 3.8) is 0 Å². The highest BCUT2D eigenvalue weighted by Crippen LogP contribution is 2.57. The molecule has 4 fully saturated rings. The van der Waals surface area contributed by atoms with Crippen LogP contribution in [0, 0.1) is 29.6 Å². The van der Waals surface area contributed by atoms with E-state index in [4.69, 9.17) is 5.73 Å². The van der Waals surface area contributed by atoms with Crippen molar-refractivity contribution in [1.82, 2.24) is 4.98 Å². The van der Waals surface area contributed by atoms with E-state index in [2.05, 4.69) is 11.1 Å². The second-order valence-electron chi connectivity index (χ2n) is 7.11. The first-order valence-corrected chi connectivity index (χ1v) is 7.96. The Morgan fingerprint density at radius 3 is 2.37 bits per heavy atom. The smallest absolute Gasteiger partial charge is 0.0451 e. The second-order valence-corrected chi connectivity index (χ2v) is 7.11. The molecule has 2 heteroatoms. The van der Waals surface area contributed by atoms with Crippen LogP contribution in [-0.4, -0.2) is 4.98 Å². The van der Waals surface area contributed by atoms with Gasteiger partial charge in [-0.05, 0) is 79.7 Å². The van der Waals surface area contributed by atoms with Crippen molar-refractivity contribution in [2.75, 3.05) is 0 Å². The van der Waals surface area contributed by atoms with Gasteiger partial charge in [0.2, 0.25) is 0 Å². The summed E-state index contributed by atoms with van der Waals surface area (Å²) in [6, 6.07) is 4.17. The number of aromatic nitrogens is 1. The van der Waals surface area contributed by atoms with Gasteiger partial charge in [-0.3, -0.25) is 4.98 Å². The van der Waals surface area contributed by atoms with Crippen LogP contribution < -0.4 is 5.73 Å². The summed E-state index contributed by atoms with van der Waals surface area (Å²) in [5, 5.41) is 0. The van der Waals surface area contributed by atoms with Gasteiger partial charge in [-0.25, -0.2) is 0 Å². The number of hydrogen-bond donors (Lipinski definition) is 1. The highest BCUT2D eigenvalue weighted by Gasteiger charge is 2.48. The minimum atomic E-state index is 0.635. The SMILES string of the molecule is NCc1cccnc1CC1C2CC3CC(C2)CC1C3. The van der Waals surface area contributed by atoms with Crippen LogP contribution in [0.4, 0.5) is 0 Å². The summed E-state index contributed by atoms with van der Waals surface area (Å²) in [7, 11) is 0. The quantitative estimate of drug-likeness (QED) is 0.902. The van der Waals surface area contributed by atoms with Crippen LogP contribution in [0.3, 0.4) is 0 Å². The molecule has 0 atom stereocenters. The number of rotatable bonds is 3. The number of nitrogens with two attached hydrogens (primary N) is 1. The third-order valence-electron chi connectivity index (χ3n) is 6.06. The zero-order valence-electron chi connectivity index (χ0n) is 11.6. The van der Waals surface area contributed by atoms with Gasteiger partial charge in [-0.2, -0.15) is 0 Å². The lowest BCUT2D eigenvalue weighted by molar-refractivity contribution is -0.0364. The first-order chi connectivity index (χ1) is 9.33. The summed E-state index contributed by atoms with van der Waals surface area (Å²) in [6.45, 7) is 0.635. The summed E-state index contributed by atoms with van der Waals surface area (Å²) in [5.74, 6) is 5.01. The van der Waals surface area contributed by atoms with Crippen molar-refractivity contribution in [2.45, 2.75) is 45.1 Å². The van der Waals surface area contributed by atoms with E-state index in [1.54, 1.807) is 0 Å². The molecule has 1 heterocycles. The third-order valence-corrected chi connectivity index (χ3v) is 6.06. The Bertz CT molecular complexity index is 440. The van der Waals surface area contributed by atoms with Crippen molar-refractivity contribution >= 4 is 0 Å². The normalized spacial score (nSPS) is 39.7. The summed E-state index contributed by atoms with van der Waals surface area (Å²) in [4.78, 5) is 4.62. The summed E-state index contributed by atoms with van der Waals surface area (Å²) >= 11 is 0. The van der Waals surface area contributed by atoms with Crippen LogP contribution >= 0.6 is 0 Å². The van der Waals surface area contributed by atoms with Gasteiger partial charge in [-0.15, -0.1) is 0 Å². The Morgan fingerprint density at radius 2 is 1.74 bits per heavy atom. The highest BCUT2D eigenvalue weighted by molar-refractivity contribution is 5.20. The molecule has 102 valence electrons. The molecule has 2 N–H and O–H groups in total. The van der Waals surface area contributed by atoms with Gasteiger partial charge in [0, 0.05) is 18.4 Å². The van der Waals surface area contributed by atoms with Gasteiger partial charge in [-0.1, -0.05) is 6.07 Å². The Labute approximate surface area is 115 Å².